The molecule has 0 aromatic carbocycles. The zero-order chi connectivity index (χ0) is 17.2. The Morgan fingerprint density at radius 2 is 1.52 bits per heavy atom. The van der Waals surface area contributed by atoms with Crippen molar-refractivity contribution in [2.24, 2.45) is 0 Å². The van der Waals surface area contributed by atoms with Crippen molar-refractivity contribution >= 4 is 11.5 Å². The highest BCUT2D eigenvalue weighted by Crippen LogP contribution is 2.19. The molecule has 25 heavy (non-hydrogen) atoms. The van der Waals surface area contributed by atoms with Crippen LogP contribution in [0.3, 0.4) is 0 Å². The normalized spacial score (nSPS) is 14.8. The van der Waals surface area contributed by atoms with Gasteiger partial charge in [-0.15, -0.1) is 0 Å². The summed E-state index contributed by atoms with van der Waals surface area (Å²) >= 11 is 0. The van der Waals surface area contributed by atoms with Gasteiger partial charge in [0.25, 0.3) is 0 Å². The number of hydrogen-bond donors (Lipinski definition) is 0. The molecule has 1 saturated heterocycles. The molecule has 1 aliphatic heterocycles. The van der Waals surface area contributed by atoms with Crippen LogP contribution in [0.25, 0.3) is 5.82 Å². The molecule has 1 fully saturated rings. The summed E-state index contributed by atoms with van der Waals surface area (Å²) in [5, 5.41) is 4.50. The minimum Gasteiger partial charge on any atom is -0.368 e. The molecule has 128 valence electrons. The minimum absolute atomic E-state index is 0.764. The fourth-order valence-electron chi connectivity index (χ4n) is 3.21. The number of piperazine rings is 1. The summed E-state index contributed by atoms with van der Waals surface area (Å²) in [5.41, 5.74) is 3.26. The van der Waals surface area contributed by atoms with Crippen LogP contribution in [0, 0.1) is 13.8 Å². The fourth-order valence-corrected chi connectivity index (χ4v) is 3.21. The molecule has 0 unspecified atom stereocenters. The molecule has 4 rings (SSSR count). The molecule has 0 amide bonds. The lowest BCUT2D eigenvalue weighted by atomic mass is 10.2. The molecular formula is C18H21N7. The lowest BCUT2D eigenvalue weighted by molar-refractivity contribution is 0.644. The molecule has 0 atom stereocenters. The predicted molar refractivity (Wildman–Crippen MR) is 97.3 cm³/mol. The SMILES string of the molecule is Cc1cc(C)n(-c2cncc(N3CCN(c4ccncc4)CC3)n2)n1. The second-order valence-corrected chi connectivity index (χ2v) is 6.25. The van der Waals surface area contributed by atoms with E-state index < -0.39 is 0 Å². The molecule has 0 N–H and O–H groups in total. The standard InChI is InChI=1S/C18H21N7/c1-14-11-15(2)25(22-14)18-13-20-12-17(21-18)24-9-7-23(8-10-24)16-3-5-19-6-4-16/h3-6,11-13H,7-10H2,1-2H3. The van der Waals surface area contributed by atoms with Gasteiger partial charge in [-0.3, -0.25) is 9.97 Å². The number of nitrogens with zero attached hydrogens (tertiary/aromatic N) is 7. The van der Waals surface area contributed by atoms with Crippen LogP contribution in [-0.4, -0.2) is 50.9 Å². The Bertz CT molecular complexity index is 851. The second kappa shape index (κ2) is 6.51. The van der Waals surface area contributed by atoms with Gasteiger partial charge in [0.2, 0.25) is 0 Å². The summed E-state index contributed by atoms with van der Waals surface area (Å²) in [6.45, 7) is 7.75. The molecule has 0 spiro atoms. The van der Waals surface area contributed by atoms with E-state index in [-0.39, 0.29) is 0 Å². The third kappa shape index (κ3) is 3.17. The molecule has 4 heterocycles. The van der Waals surface area contributed by atoms with Crippen LogP contribution < -0.4 is 9.80 Å². The van der Waals surface area contributed by atoms with E-state index in [0.29, 0.717) is 0 Å². The maximum atomic E-state index is 4.77. The van der Waals surface area contributed by atoms with Crippen LogP contribution in [-0.2, 0) is 0 Å². The highest BCUT2D eigenvalue weighted by atomic mass is 15.3. The monoisotopic (exact) mass is 335 g/mol. The van der Waals surface area contributed by atoms with Crippen molar-refractivity contribution in [1.29, 1.82) is 0 Å². The van der Waals surface area contributed by atoms with E-state index in [4.69, 9.17) is 4.98 Å². The number of aryl methyl sites for hydroxylation is 2. The van der Waals surface area contributed by atoms with Crippen molar-refractivity contribution < 1.29 is 0 Å². The number of hydrogen-bond acceptors (Lipinski definition) is 6. The summed E-state index contributed by atoms with van der Waals surface area (Å²) in [6.07, 6.45) is 7.27. The molecule has 7 nitrogen and oxygen atoms in total. The van der Waals surface area contributed by atoms with Crippen LogP contribution >= 0.6 is 0 Å². The van der Waals surface area contributed by atoms with Gasteiger partial charge in [-0.2, -0.15) is 5.10 Å². The number of pyridine rings is 1. The third-order valence-corrected chi connectivity index (χ3v) is 4.47. The largest absolute Gasteiger partial charge is 0.368 e. The smallest absolute Gasteiger partial charge is 0.174 e. The molecule has 3 aromatic heterocycles. The van der Waals surface area contributed by atoms with E-state index in [0.717, 1.165) is 49.2 Å². The first-order valence-electron chi connectivity index (χ1n) is 8.46. The van der Waals surface area contributed by atoms with E-state index in [1.54, 1.807) is 6.20 Å². The quantitative estimate of drug-likeness (QED) is 0.729. The van der Waals surface area contributed by atoms with E-state index >= 15 is 0 Å². The first-order valence-corrected chi connectivity index (χ1v) is 8.46. The highest BCUT2D eigenvalue weighted by molar-refractivity contribution is 5.48. The average Bonchev–Trinajstić information content (AvgIpc) is 3.01. The third-order valence-electron chi connectivity index (χ3n) is 4.47. The Labute approximate surface area is 147 Å². The molecule has 0 saturated carbocycles. The average molecular weight is 335 g/mol. The van der Waals surface area contributed by atoms with Crippen molar-refractivity contribution in [2.75, 3.05) is 36.0 Å². The maximum Gasteiger partial charge on any atom is 0.174 e. The van der Waals surface area contributed by atoms with Gasteiger partial charge in [-0.25, -0.2) is 9.67 Å². The number of anilines is 2. The lowest BCUT2D eigenvalue weighted by Gasteiger charge is -2.36. The van der Waals surface area contributed by atoms with Crippen LogP contribution in [0.1, 0.15) is 11.4 Å². The van der Waals surface area contributed by atoms with Gasteiger partial charge in [0, 0.05) is 50.0 Å². The van der Waals surface area contributed by atoms with Crippen molar-refractivity contribution in [3.05, 3.63) is 54.4 Å². The molecule has 1 aliphatic rings. The lowest BCUT2D eigenvalue weighted by Crippen LogP contribution is -2.46. The topological polar surface area (TPSA) is 63.0 Å². The van der Waals surface area contributed by atoms with Crippen LogP contribution in [0.15, 0.2) is 43.0 Å². The molecule has 0 bridgehead atoms. The van der Waals surface area contributed by atoms with E-state index in [9.17, 15) is 0 Å². The Balaban J connectivity index is 1.50. The zero-order valence-electron chi connectivity index (χ0n) is 14.5. The van der Waals surface area contributed by atoms with Gasteiger partial charge < -0.3 is 9.80 Å². The zero-order valence-corrected chi connectivity index (χ0v) is 14.5. The minimum atomic E-state index is 0.764. The maximum absolute atomic E-state index is 4.77. The van der Waals surface area contributed by atoms with Gasteiger partial charge in [0.15, 0.2) is 5.82 Å². The van der Waals surface area contributed by atoms with E-state index in [1.165, 1.54) is 5.69 Å². The molecule has 3 aromatic rings. The van der Waals surface area contributed by atoms with Crippen molar-refractivity contribution in [3.8, 4) is 5.82 Å². The van der Waals surface area contributed by atoms with Crippen LogP contribution in [0.4, 0.5) is 11.5 Å². The molecule has 7 heteroatoms. The van der Waals surface area contributed by atoms with Gasteiger partial charge in [-0.05, 0) is 32.0 Å². The van der Waals surface area contributed by atoms with Crippen molar-refractivity contribution in [1.82, 2.24) is 24.7 Å². The molecular weight excluding hydrogens is 314 g/mol. The summed E-state index contributed by atoms with van der Waals surface area (Å²) in [6, 6.07) is 6.15. The number of aromatic nitrogens is 5. The van der Waals surface area contributed by atoms with Gasteiger partial charge in [0.05, 0.1) is 18.1 Å². The molecule has 0 aliphatic carbocycles. The Morgan fingerprint density at radius 1 is 0.840 bits per heavy atom. The summed E-state index contributed by atoms with van der Waals surface area (Å²) < 4.78 is 1.85. The Kier molecular flexibility index (Phi) is 4.05. The van der Waals surface area contributed by atoms with Gasteiger partial charge >= 0.3 is 0 Å². The van der Waals surface area contributed by atoms with Crippen LogP contribution in [0.5, 0.6) is 0 Å². The van der Waals surface area contributed by atoms with E-state index in [2.05, 4.69) is 37.0 Å². The predicted octanol–water partition coefficient (Wildman–Crippen LogP) is 2.00. The highest BCUT2D eigenvalue weighted by Gasteiger charge is 2.19. The van der Waals surface area contributed by atoms with Gasteiger partial charge in [0.1, 0.15) is 5.82 Å². The Hall–Kier alpha value is -2.96. The number of rotatable bonds is 3. The van der Waals surface area contributed by atoms with Crippen molar-refractivity contribution in [3.63, 3.8) is 0 Å². The first kappa shape index (κ1) is 15.6. The fraction of sp³-hybridized carbons (Fsp3) is 0.333. The summed E-state index contributed by atoms with van der Waals surface area (Å²) in [7, 11) is 0. The summed E-state index contributed by atoms with van der Waals surface area (Å²) in [5.74, 6) is 1.67. The van der Waals surface area contributed by atoms with E-state index in [1.807, 2.05) is 43.2 Å². The Morgan fingerprint density at radius 3 is 2.20 bits per heavy atom. The van der Waals surface area contributed by atoms with Crippen molar-refractivity contribution in [2.45, 2.75) is 13.8 Å². The summed E-state index contributed by atoms with van der Waals surface area (Å²) in [4.78, 5) is 17.9. The first-order chi connectivity index (χ1) is 12.2. The molecule has 0 radical (unpaired) electrons. The van der Waals surface area contributed by atoms with Gasteiger partial charge in [-0.1, -0.05) is 0 Å². The van der Waals surface area contributed by atoms with Crippen LogP contribution in [0.2, 0.25) is 0 Å². The second-order valence-electron chi connectivity index (χ2n) is 6.25.